The number of pyridine rings is 1. The quantitative estimate of drug-likeness (QED) is 0.926. The Labute approximate surface area is 125 Å². The molecule has 4 rings (SSSR count). The van der Waals surface area contributed by atoms with Gasteiger partial charge in [-0.25, -0.2) is 0 Å². The van der Waals surface area contributed by atoms with Crippen LogP contribution in [-0.2, 0) is 4.74 Å². The van der Waals surface area contributed by atoms with Crippen LogP contribution < -0.4 is 5.32 Å². The van der Waals surface area contributed by atoms with E-state index in [1.165, 1.54) is 23.9 Å². The molecule has 3 nitrogen and oxygen atoms in total. The third-order valence-electron chi connectivity index (χ3n) is 4.67. The highest BCUT2D eigenvalue weighted by molar-refractivity contribution is 5.91. The zero-order valence-electron chi connectivity index (χ0n) is 12.5. The first-order valence-corrected chi connectivity index (χ1v) is 8.04. The van der Waals surface area contributed by atoms with Gasteiger partial charge in [-0.1, -0.05) is 18.2 Å². The monoisotopic (exact) mass is 282 g/mol. The van der Waals surface area contributed by atoms with Crippen molar-refractivity contribution >= 4 is 16.6 Å². The number of fused-ring (bicyclic) bond motifs is 1. The number of aryl methyl sites for hydroxylation is 1. The number of nitrogens with one attached hydrogen (secondary N) is 1. The molecule has 1 aromatic carbocycles. The second-order valence-corrected chi connectivity index (χ2v) is 6.44. The van der Waals surface area contributed by atoms with Crippen LogP contribution in [0.4, 0.5) is 5.69 Å². The molecular weight excluding hydrogens is 260 g/mol. The molecule has 2 fully saturated rings. The molecule has 110 valence electrons. The van der Waals surface area contributed by atoms with Crippen LogP contribution in [0.15, 0.2) is 30.3 Å². The van der Waals surface area contributed by atoms with E-state index in [1.807, 2.05) is 0 Å². The molecule has 2 atom stereocenters. The lowest BCUT2D eigenvalue weighted by Gasteiger charge is -2.31. The van der Waals surface area contributed by atoms with Crippen molar-refractivity contribution in [2.75, 3.05) is 11.9 Å². The van der Waals surface area contributed by atoms with Crippen molar-refractivity contribution in [1.29, 1.82) is 0 Å². The van der Waals surface area contributed by atoms with Crippen molar-refractivity contribution in [3.8, 4) is 0 Å². The van der Waals surface area contributed by atoms with Gasteiger partial charge in [-0.05, 0) is 50.7 Å². The minimum Gasteiger partial charge on any atom is -0.382 e. The van der Waals surface area contributed by atoms with Gasteiger partial charge in [0.25, 0.3) is 0 Å². The molecule has 1 aliphatic heterocycles. The molecule has 2 aliphatic rings. The van der Waals surface area contributed by atoms with Crippen LogP contribution in [-0.4, -0.2) is 23.7 Å². The Hall–Kier alpha value is -1.61. The third-order valence-corrected chi connectivity index (χ3v) is 4.67. The Morgan fingerprint density at radius 1 is 1.19 bits per heavy atom. The summed E-state index contributed by atoms with van der Waals surface area (Å²) in [7, 11) is 0. The van der Waals surface area contributed by atoms with Gasteiger partial charge < -0.3 is 10.1 Å². The summed E-state index contributed by atoms with van der Waals surface area (Å²) >= 11 is 0. The number of ether oxygens (including phenoxy) is 1. The topological polar surface area (TPSA) is 34.1 Å². The number of rotatable bonds is 3. The van der Waals surface area contributed by atoms with Crippen molar-refractivity contribution in [1.82, 2.24) is 4.98 Å². The standard InChI is InChI=1S/C18H22N2O/c1-12-10-17(15-4-2-3-5-16(15)19-12)20-14-8-9-21-18(11-14)13-6-7-13/h2-5,10,13-14,18H,6-9,11H2,1H3,(H,19,20). The molecule has 21 heavy (non-hydrogen) atoms. The smallest absolute Gasteiger partial charge is 0.0725 e. The van der Waals surface area contributed by atoms with Gasteiger partial charge in [0.1, 0.15) is 0 Å². The van der Waals surface area contributed by atoms with Gasteiger partial charge in [-0.3, -0.25) is 4.98 Å². The highest BCUT2D eigenvalue weighted by Crippen LogP contribution is 2.38. The maximum Gasteiger partial charge on any atom is 0.0725 e. The summed E-state index contributed by atoms with van der Waals surface area (Å²) in [6.45, 7) is 2.95. The number of benzene rings is 1. The van der Waals surface area contributed by atoms with E-state index in [9.17, 15) is 0 Å². The van der Waals surface area contributed by atoms with Gasteiger partial charge in [0.2, 0.25) is 0 Å². The molecule has 1 aliphatic carbocycles. The van der Waals surface area contributed by atoms with Gasteiger partial charge in [0.05, 0.1) is 11.6 Å². The van der Waals surface area contributed by atoms with Crippen LogP contribution in [0.3, 0.4) is 0 Å². The van der Waals surface area contributed by atoms with Crippen LogP contribution in [0, 0.1) is 12.8 Å². The van der Waals surface area contributed by atoms with E-state index >= 15 is 0 Å². The minimum atomic E-state index is 0.477. The number of hydrogen-bond acceptors (Lipinski definition) is 3. The second-order valence-electron chi connectivity index (χ2n) is 6.44. The molecule has 1 N–H and O–H groups in total. The Bertz CT molecular complexity index is 651. The van der Waals surface area contributed by atoms with Crippen molar-refractivity contribution in [3.05, 3.63) is 36.0 Å². The molecule has 2 unspecified atom stereocenters. The summed E-state index contributed by atoms with van der Waals surface area (Å²) in [5.41, 5.74) is 3.37. The van der Waals surface area contributed by atoms with E-state index in [-0.39, 0.29) is 0 Å². The number of anilines is 1. The molecule has 1 saturated carbocycles. The SMILES string of the molecule is Cc1cc(NC2CCOC(C3CC3)C2)c2ccccc2n1. The first-order chi connectivity index (χ1) is 10.3. The second kappa shape index (κ2) is 5.30. The summed E-state index contributed by atoms with van der Waals surface area (Å²) < 4.78 is 5.93. The number of nitrogens with zero attached hydrogens (tertiary/aromatic N) is 1. The predicted molar refractivity (Wildman–Crippen MR) is 85.6 cm³/mol. The van der Waals surface area contributed by atoms with Crippen LogP contribution in [0.25, 0.3) is 10.9 Å². The van der Waals surface area contributed by atoms with E-state index in [0.717, 1.165) is 36.6 Å². The highest BCUT2D eigenvalue weighted by atomic mass is 16.5. The molecule has 1 aromatic heterocycles. The summed E-state index contributed by atoms with van der Waals surface area (Å²) in [5.74, 6) is 0.825. The van der Waals surface area contributed by atoms with Crippen molar-refractivity contribution in [3.63, 3.8) is 0 Å². The van der Waals surface area contributed by atoms with Crippen molar-refractivity contribution in [2.24, 2.45) is 5.92 Å². The Balaban J connectivity index is 1.58. The minimum absolute atomic E-state index is 0.477. The Morgan fingerprint density at radius 2 is 2.05 bits per heavy atom. The van der Waals surface area contributed by atoms with E-state index < -0.39 is 0 Å². The molecule has 0 spiro atoms. The molecule has 3 heteroatoms. The normalized spacial score (nSPS) is 26.0. The maximum absolute atomic E-state index is 5.93. The summed E-state index contributed by atoms with van der Waals surface area (Å²) in [5, 5.41) is 4.98. The summed E-state index contributed by atoms with van der Waals surface area (Å²) in [4.78, 5) is 4.62. The zero-order valence-corrected chi connectivity index (χ0v) is 12.5. The van der Waals surface area contributed by atoms with Gasteiger partial charge >= 0.3 is 0 Å². The average Bonchev–Trinajstić information content (AvgIpc) is 3.32. The van der Waals surface area contributed by atoms with Crippen LogP contribution in [0.5, 0.6) is 0 Å². The largest absolute Gasteiger partial charge is 0.382 e. The third kappa shape index (κ3) is 2.75. The molecule has 2 heterocycles. The highest BCUT2D eigenvalue weighted by Gasteiger charge is 2.35. The zero-order chi connectivity index (χ0) is 14.2. The van der Waals surface area contributed by atoms with E-state index in [4.69, 9.17) is 4.74 Å². The lowest BCUT2D eigenvalue weighted by Crippen LogP contribution is -2.35. The number of aromatic nitrogens is 1. The average molecular weight is 282 g/mol. The van der Waals surface area contributed by atoms with Gasteiger partial charge in [-0.15, -0.1) is 0 Å². The van der Waals surface area contributed by atoms with Gasteiger partial charge in [0.15, 0.2) is 0 Å². The summed E-state index contributed by atoms with van der Waals surface area (Å²) in [6.07, 6.45) is 5.42. The van der Waals surface area contributed by atoms with Gasteiger partial charge in [-0.2, -0.15) is 0 Å². The van der Waals surface area contributed by atoms with Crippen molar-refractivity contribution < 1.29 is 4.74 Å². The molecule has 0 radical (unpaired) electrons. The molecular formula is C18H22N2O. The van der Waals surface area contributed by atoms with E-state index in [2.05, 4.69) is 47.6 Å². The lowest BCUT2D eigenvalue weighted by atomic mass is 9.99. The lowest BCUT2D eigenvalue weighted by molar-refractivity contribution is -0.00217. The first kappa shape index (κ1) is 13.1. The Kier molecular flexibility index (Phi) is 3.30. The molecule has 2 aromatic rings. The molecule has 0 bridgehead atoms. The molecule has 1 saturated heterocycles. The first-order valence-electron chi connectivity index (χ1n) is 8.04. The van der Waals surface area contributed by atoms with Crippen LogP contribution in [0.2, 0.25) is 0 Å². The van der Waals surface area contributed by atoms with E-state index in [1.54, 1.807) is 0 Å². The van der Waals surface area contributed by atoms with E-state index in [0.29, 0.717) is 12.1 Å². The predicted octanol–water partition coefficient (Wildman–Crippen LogP) is 3.91. The fraction of sp³-hybridized carbons (Fsp3) is 0.500. The van der Waals surface area contributed by atoms with Crippen LogP contribution >= 0.6 is 0 Å². The van der Waals surface area contributed by atoms with Crippen molar-refractivity contribution in [2.45, 2.75) is 44.8 Å². The van der Waals surface area contributed by atoms with Gasteiger partial charge in [0, 0.05) is 29.4 Å². The number of para-hydroxylation sites is 1. The maximum atomic E-state index is 5.93. The molecule has 0 amide bonds. The summed E-state index contributed by atoms with van der Waals surface area (Å²) in [6, 6.07) is 11.1. The fourth-order valence-electron chi connectivity index (χ4n) is 3.40. The van der Waals surface area contributed by atoms with Crippen LogP contribution in [0.1, 0.15) is 31.4 Å². The fourth-order valence-corrected chi connectivity index (χ4v) is 3.40. The Morgan fingerprint density at radius 3 is 2.90 bits per heavy atom. The number of hydrogen-bond donors (Lipinski definition) is 1.